The molecule has 0 aromatic heterocycles. The summed E-state index contributed by atoms with van der Waals surface area (Å²) in [5.74, 6) is -1.52. The van der Waals surface area contributed by atoms with E-state index < -0.39 is 18.1 Å². The Hall–Kier alpha value is -1.59. The van der Waals surface area contributed by atoms with Gasteiger partial charge in [-0.25, -0.2) is 4.79 Å². The van der Waals surface area contributed by atoms with E-state index in [0.29, 0.717) is 25.8 Å². The number of piperidine rings is 1. The number of hydrogen-bond acceptors (Lipinski definition) is 3. The van der Waals surface area contributed by atoms with E-state index >= 15 is 0 Å². The molecule has 1 rings (SSSR count). The average molecular weight is 270 g/mol. The zero-order valence-corrected chi connectivity index (χ0v) is 11.5. The topological polar surface area (TPSA) is 86.7 Å². The van der Waals surface area contributed by atoms with Gasteiger partial charge in [0.2, 0.25) is 11.8 Å². The van der Waals surface area contributed by atoms with Crippen molar-refractivity contribution in [1.29, 1.82) is 0 Å². The van der Waals surface area contributed by atoms with Crippen molar-refractivity contribution in [2.45, 2.75) is 58.0 Å². The first-order chi connectivity index (χ1) is 8.97. The number of carboxylic acids is 1. The molecule has 2 atom stereocenters. The first-order valence-corrected chi connectivity index (χ1v) is 6.77. The fraction of sp³-hybridized carbons (Fsp3) is 0.769. The van der Waals surface area contributed by atoms with E-state index in [1.54, 1.807) is 0 Å². The van der Waals surface area contributed by atoms with Crippen LogP contribution in [0.1, 0.15) is 46.0 Å². The molecule has 1 heterocycles. The first kappa shape index (κ1) is 15.5. The minimum absolute atomic E-state index is 0.137. The van der Waals surface area contributed by atoms with Gasteiger partial charge in [-0.3, -0.25) is 9.59 Å². The van der Waals surface area contributed by atoms with Crippen LogP contribution in [0.25, 0.3) is 0 Å². The van der Waals surface area contributed by atoms with Crippen molar-refractivity contribution in [3.05, 3.63) is 0 Å². The Kier molecular flexibility index (Phi) is 5.79. The number of carbonyl (C=O) groups excluding carboxylic acids is 2. The zero-order valence-electron chi connectivity index (χ0n) is 11.5. The Bertz CT molecular complexity index is 357. The molecule has 2 unspecified atom stereocenters. The number of carboxylic acid groups (broad SMARTS) is 1. The van der Waals surface area contributed by atoms with Crippen LogP contribution in [0.5, 0.6) is 0 Å². The predicted octanol–water partition coefficient (Wildman–Crippen LogP) is 0.757. The fourth-order valence-corrected chi connectivity index (χ4v) is 2.40. The molecule has 0 aliphatic carbocycles. The normalized spacial score (nSPS) is 20.7. The van der Waals surface area contributed by atoms with Gasteiger partial charge >= 0.3 is 5.97 Å². The number of carbonyl (C=O) groups is 3. The summed E-state index contributed by atoms with van der Waals surface area (Å²) in [6.07, 6.45) is 3.45. The van der Waals surface area contributed by atoms with Gasteiger partial charge in [0.15, 0.2) is 0 Å². The van der Waals surface area contributed by atoms with Gasteiger partial charge in [0.25, 0.3) is 0 Å². The molecule has 6 heteroatoms. The summed E-state index contributed by atoms with van der Waals surface area (Å²) in [6, 6.07) is -1.39. The second-order valence-corrected chi connectivity index (χ2v) is 4.91. The highest BCUT2D eigenvalue weighted by atomic mass is 16.4. The van der Waals surface area contributed by atoms with Gasteiger partial charge in [0.05, 0.1) is 0 Å². The molecule has 1 aliphatic heterocycles. The third kappa shape index (κ3) is 4.22. The number of hydrogen-bond donors (Lipinski definition) is 2. The smallest absolute Gasteiger partial charge is 0.326 e. The molecule has 6 nitrogen and oxygen atoms in total. The van der Waals surface area contributed by atoms with Crippen LogP contribution in [0.4, 0.5) is 0 Å². The van der Waals surface area contributed by atoms with Crippen LogP contribution < -0.4 is 5.32 Å². The Morgan fingerprint density at radius 3 is 2.58 bits per heavy atom. The molecule has 2 amide bonds. The van der Waals surface area contributed by atoms with Crippen LogP contribution in [0.15, 0.2) is 0 Å². The molecule has 0 aromatic carbocycles. The van der Waals surface area contributed by atoms with Gasteiger partial charge in [0, 0.05) is 13.5 Å². The second-order valence-electron chi connectivity index (χ2n) is 4.91. The van der Waals surface area contributed by atoms with E-state index in [2.05, 4.69) is 5.32 Å². The van der Waals surface area contributed by atoms with Crippen molar-refractivity contribution in [1.82, 2.24) is 10.2 Å². The number of aliphatic carboxylic acids is 1. The summed E-state index contributed by atoms with van der Waals surface area (Å²) < 4.78 is 0. The fourth-order valence-electron chi connectivity index (χ4n) is 2.40. The lowest BCUT2D eigenvalue weighted by molar-refractivity contribution is -0.145. The van der Waals surface area contributed by atoms with Crippen LogP contribution >= 0.6 is 0 Å². The zero-order chi connectivity index (χ0) is 14.4. The summed E-state index contributed by atoms with van der Waals surface area (Å²) in [6.45, 7) is 3.87. The van der Waals surface area contributed by atoms with Crippen molar-refractivity contribution >= 4 is 17.8 Å². The molecular weight excluding hydrogens is 248 g/mol. The Morgan fingerprint density at radius 1 is 1.37 bits per heavy atom. The second kappa shape index (κ2) is 7.11. The summed E-state index contributed by atoms with van der Waals surface area (Å²) >= 11 is 0. The molecule has 1 saturated heterocycles. The van der Waals surface area contributed by atoms with Gasteiger partial charge in [0.1, 0.15) is 12.1 Å². The molecule has 1 fully saturated rings. The van der Waals surface area contributed by atoms with Gasteiger partial charge in [-0.05, 0) is 25.7 Å². The van der Waals surface area contributed by atoms with Crippen molar-refractivity contribution in [2.75, 3.05) is 6.54 Å². The lowest BCUT2D eigenvalue weighted by atomic mass is 10.0. The maximum absolute atomic E-state index is 12.1. The highest BCUT2D eigenvalue weighted by Crippen LogP contribution is 2.17. The molecular formula is C13H22N2O4. The first-order valence-electron chi connectivity index (χ1n) is 6.77. The average Bonchev–Trinajstić information content (AvgIpc) is 2.37. The SMILES string of the molecule is CCCC(NC(=O)C1CCCCN1C(C)=O)C(=O)O. The lowest BCUT2D eigenvalue weighted by Crippen LogP contribution is -2.54. The lowest BCUT2D eigenvalue weighted by Gasteiger charge is -2.34. The van der Waals surface area contributed by atoms with Crippen molar-refractivity contribution in [3.8, 4) is 0 Å². The highest BCUT2D eigenvalue weighted by molar-refractivity contribution is 5.90. The van der Waals surface area contributed by atoms with E-state index in [9.17, 15) is 14.4 Å². The number of nitrogens with zero attached hydrogens (tertiary/aromatic N) is 1. The molecule has 0 aromatic rings. The maximum atomic E-state index is 12.1. The standard InChI is InChI=1S/C13H22N2O4/c1-3-6-10(13(18)19)14-12(17)11-7-4-5-8-15(11)9(2)16/h10-11H,3-8H2,1-2H3,(H,14,17)(H,18,19). The molecule has 19 heavy (non-hydrogen) atoms. The minimum Gasteiger partial charge on any atom is -0.480 e. The molecule has 108 valence electrons. The third-order valence-corrected chi connectivity index (χ3v) is 3.40. The van der Waals surface area contributed by atoms with Gasteiger partial charge in [-0.15, -0.1) is 0 Å². The van der Waals surface area contributed by atoms with Crippen LogP contribution in [0.3, 0.4) is 0 Å². The minimum atomic E-state index is -1.03. The third-order valence-electron chi connectivity index (χ3n) is 3.40. The van der Waals surface area contributed by atoms with Gasteiger partial charge in [-0.2, -0.15) is 0 Å². The monoisotopic (exact) mass is 270 g/mol. The molecule has 0 saturated carbocycles. The van der Waals surface area contributed by atoms with E-state index in [4.69, 9.17) is 5.11 Å². The van der Waals surface area contributed by atoms with Crippen molar-refractivity contribution in [3.63, 3.8) is 0 Å². The van der Waals surface area contributed by atoms with Crippen LogP contribution in [-0.4, -0.2) is 46.4 Å². The van der Waals surface area contributed by atoms with E-state index in [-0.39, 0.29) is 11.8 Å². The largest absolute Gasteiger partial charge is 0.480 e. The highest BCUT2D eigenvalue weighted by Gasteiger charge is 2.32. The Balaban J connectivity index is 2.68. The van der Waals surface area contributed by atoms with Crippen LogP contribution in [0, 0.1) is 0 Å². The molecule has 0 radical (unpaired) electrons. The molecule has 2 N–H and O–H groups in total. The molecule has 0 spiro atoms. The van der Waals surface area contributed by atoms with Crippen molar-refractivity contribution in [2.24, 2.45) is 0 Å². The Morgan fingerprint density at radius 2 is 2.05 bits per heavy atom. The summed E-state index contributed by atoms with van der Waals surface area (Å²) in [7, 11) is 0. The van der Waals surface area contributed by atoms with E-state index in [0.717, 1.165) is 12.8 Å². The van der Waals surface area contributed by atoms with Crippen molar-refractivity contribution < 1.29 is 19.5 Å². The number of likely N-dealkylation sites (tertiary alicyclic amines) is 1. The van der Waals surface area contributed by atoms with Gasteiger partial charge < -0.3 is 15.3 Å². The number of rotatable bonds is 5. The van der Waals surface area contributed by atoms with Crippen LogP contribution in [-0.2, 0) is 14.4 Å². The summed E-state index contributed by atoms with van der Waals surface area (Å²) in [4.78, 5) is 36.2. The summed E-state index contributed by atoms with van der Waals surface area (Å²) in [5.41, 5.74) is 0. The van der Waals surface area contributed by atoms with E-state index in [1.807, 2.05) is 6.92 Å². The summed E-state index contributed by atoms with van der Waals surface area (Å²) in [5, 5.41) is 11.6. The van der Waals surface area contributed by atoms with E-state index in [1.165, 1.54) is 11.8 Å². The number of nitrogens with one attached hydrogen (secondary N) is 1. The van der Waals surface area contributed by atoms with Crippen LogP contribution in [0.2, 0.25) is 0 Å². The Labute approximate surface area is 113 Å². The molecule has 0 bridgehead atoms. The number of amides is 2. The molecule has 1 aliphatic rings. The quantitative estimate of drug-likeness (QED) is 0.772. The predicted molar refractivity (Wildman–Crippen MR) is 69.5 cm³/mol. The van der Waals surface area contributed by atoms with Gasteiger partial charge in [-0.1, -0.05) is 13.3 Å². The maximum Gasteiger partial charge on any atom is 0.326 e.